The van der Waals surface area contributed by atoms with E-state index in [-0.39, 0.29) is 6.04 Å². The summed E-state index contributed by atoms with van der Waals surface area (Å²) in [6.07, 6.45) is 1.26. The zero-order chi connectivity index (χ0) is 16.5. The number of benzene rings is 2. The molecule has 0 amide bonds. The summed E-state index contributed by atoms with van der Waals surface area (Å²) in [6.45, 7) is 4.03. The lowest BCUT2D eigenvalue weighted by Gasteiger charge is -2.27. The van der Waals surface area contributed by atoms with Gasteiger partial charge in [0.2, 0.25) is 0 Å². The fourth-order valence-electron chi connectivity index (χ4n) is 3.33. The van der Waals surface area contributed by atoms with Crippen molar-refractivity contribution < 1.29 is 4.74 Å². The molecular weight excluding hydrogens is 298 g/mol. The van der Waals surface area contributed by atoms with Gasteiger partial charge in [-0.15, -0.1) is 0 Å². The Morgan fingerprint density at radius 2 is 1.88 bits per heavy atom. The summed E-state index contributed by atoms with van der Waals surface area (Å²) in [7, 11) is 0. The van der Waals surface area contributed by atoms with Crippen LogP contribution in [0.15, 0.2) is 48.5 Å². The fourth-order valence-corrected chi connectivity index (χ4v) is 3.33. The predicted octanol–water partition coefficient (Wildman–Crippen LogP) is 3.13. The van der Waals surface area contributed by atoms with Crippen molar-refractivity contribution in [2.75, 3.05) is 13.1 Å². The first-order chi connectivity index (χ1) is 11.8. The van der Waals surface area contributed by atoms with E-state index in [1.54, 1.807) is 0 Å². The van der Waals surface area contributed by atoms with E-state index in [2.05, 4.69) is 53.6 Å². The molecule has 0 aliphatic carbocycles. The van der Waals surface area contributed by atoms with Gasteiger partial charge in [0.25, 0.3) is 0 Å². The van der Waals surface area contributed by atoms with Crippen molar-refractivity contribution in [3.63, 3.8) is 0 Å². The van der Waals surface area contributed by atoms with E-state index in [1.165, 1.54) is 10.9 Å². The van der Waals surface area contributed by atoms with Crippen molar-refractivity contribution in [2.45, 2.75) is 25.5 Å². The van der Waals surface area contributed by atoms with E-state index >= 15 is 0 Å². The van der Waals surface area contributed by atoms with Gasteiger partial charge in [0.1, 0.15) is 11.9 Å². The molecule has 2 aromatic carbocycles. The summed E-state index contributed by atoms with van der Waals surface area (Å²) < 4.78 is 5.87. The number of nitrogens with one attached hydrogen (secondary N) is 2. The molecule has 4 N–H and O–H groups in total. The number of nitrogens with two attached hydrogens (primary N) is 1. The van der Waals surface area contributed by atoms with Crippen LogP contribution in [0.25, 0.3) is 10.9 Å². The molecule has 2 heterocycles. The molecule has 24 heavy (non-hydrogen) atoms. The highest BCUT2D eigenvalue weighted by atomic mass is 16.5. The summed E-state index contributed by atoms with van der Waals surface area (Å²) in [4.78, 5) is 3.51. The number of hydrogen-bond donors (Lipinski definition) is 3. The number of ether oxygens (including phenoxy) is 1. The minimum atomic E-state index is -0.160. The molecule has 1 fully saturated rings. The first-order valence-corrected chi connectivity index (χ1v) is 8.58. The Morgan fingerprint density at radius 1 is 1.12 bits per heavy atom. The number of aromatic amines is 1. The van der Waals surface area contributed by atoms with E-state index in [0.717, 1.165) is 42.0 Å². The lowest BCUT2D eigenvalue weighted by molar-refractivity contribution is 0.142. The summed E-state index contributed by atoms with van der Waals surface area (Å²) >= 11 is 0. The Bertz CT molecular complexity index is 834. The van der Waals surface area contributed by atoms with Crippen LogP contribution in [0.3, 0.4) is 0 Å². The van der Waals surface area contributed by atoms with Crippen LogP contribution in [0.5, 0.6) is 5.75 Å². The van der Waals surface area contributed by atoms with Crippen molar-refractivity contribution in [3.8, 4) is 5.75 Å². The molecule has 4 heteroatoms. The average Bonchev–Trinajstić information content (AvgIpc) is 2.96. The van der Waals surface area contributed by atoms with Crippen LogP contribution in [0.4, 0.5) is 0 Å². The number of hydrogen-bond acceptors (Lipinski definition) is 3. The fraction of sp³-hybridized carbons (Fsp3) is 0.300. The number of para-hydroxylation sites is 1. The monoisotopic (exact) mass is 321 g/mol. The van der Waals surface area contributed by atoms with Gasteiger partial charge < -0.3 is 20.8 Å². The smallest absolute Gasteiger partial charge is 0.123 e. The Morgan fingerprint density at radius 3 is 2.54 bits per heavy atom. The zero-order valence-corrected chi connectivity index (χ0v) is 13.9. The summed E-state index contributed by atoms with van der Waals surface area (Å²) in [5.74, 6) is 0.907. The van der Waals surface area contributed by atoms with Crippen molar-refractivity contribution in [1.82, 2.24) is 10.3 Å². The van der Waals surface area contributed by atoms with E-state index < -0.39 is 0 Å². The van der Waals surface area contributed by atoms with Gasteiger partial charge >= 0.3 is 0 Å². The molecule has 3 aromatic rings. The zero-order valence-electron chi connectivity index (χ0n) is 13.9. The predicted molar refractivity (Wildman–Crippen MR) is 97.4 cm³/mol. The van der Waals surface area contributed by atoms with Gasteiger partial charge in [-0.3, -0.25) is 0 Å². The number of fused-ring (bicyclic) bond motifs is 1. The van der Waals surface area contributed by atoms with Gasteiger partial charge in [-0.05, 0) is 35.7 Å². The van der Waals surface area contributed by atoms with Crippen molar-refractivity contribution >= 4 is 10.9 Å². The topological polar surface area (TPSA) is 63.1 Å². The molecular formula is C20H23N3O. The van der Waals surface area contributed by atoms with Crippen LogP contribution in [-0.4, -0.2) is 24.2 Å². The summed E-state index contributed by atoms with van der Waals surface area (Å²) in [6, 6.07) is 16.4. The molecule has 4 nitrogen and oxygen atoms in total. The van der Waals surface area contributed by atoms with E-state index in [9.17, 15) is 0 Å². The average molecular weight is 321 g/mol. The van der Waals surface area contributed by atoms with Crippen LogP contribution in [0.2, 0.25) is 0 Å². The van der Waals surface area contributed by atoms with Gasteiger partial charge in [-0.2, -0.15) is 0 Å². The second-order valence-corrected chi connectivity index (χ2v) is 6.36. The highest BCUT2D eigenvalue weighted by Gasteiger charge is 2.20. The molecule has 1 saturated heterocycles. The van der Waals surface area contributed by atoms with Crippen LogP contribution < -0.4 is 15.8 Å². The van der Waals surface area contributed by atoms with Crippen molar-refractivity contribution in [1.29, 1.82) is 0 Å². The number of H-pyrrole nitrogens is 1. The van der Waals surface area contributed by atoms with Crippen molar-refractivity contribution in [2.24, 2.45) is 5.73 Å². The second-order valence-electron chi connectivity index (χ2n) is 6.36. The quantitative estimate of drug-likeness (QED) is 0.676. The summed E-state index contributed by atoms with van der Waals surface area (Å²) in [5, 5.41) is 4.48. The van der Waals surface area contributed by atoms with E-state index in [4.69, 9.17) is 10.5 Å². The molecule has 124 valence electrons. The van der Waals surface area contributed by atoms with Gasteiger partial charge in [0, 0.05) is 29.7 Å². The first-order valence-electron chi connectivity index (χ1n) is 8.58. The molecule has 0 radical (unpaired) electrons. The third kappa shape index (κ3) is 2.68. The maximum Gasteiger partial charge on any atom is 0.123 e. The Kier molecular flexibility index (Phi) is 4.00. The van der Waals surface area contributed by atoms with E-state index in [1.807, 2.05) is 12.1 Å². The highest BCUT2D eigenvalue weighted by Crippen LogP contribution is 2.30. The Hall–Kier alpha value is -2.30. The Labute approximate surface area is 142 Å². The van der Waals surface area contributed by atoms with Crippen LogP contribution in [0.1, 0.15) is 29.8 Å². The van der Waals surface area contributed by atoms with Gasteiger partial charge in [-0.1, -0.05) is 37.3 Å². The number of aryl methyl sites for hydroxylation is 1. The number of rotatable bonds is 5. The minimum Gasteiger partial charge on any atom is -0.488 e. The van der Waals surface area contributed by atoms with E-state index in [0.29, 0.717) is 6.10 Å². The second kappa shape index (κ2) is 6.30. The van der Waals surface area contributed by atoms with Gasteiger partial charge in [-0.25, -0.2) is 0 Å². The third-order valence-electron chi connectivity index (χ3n) is 4.80. The third-order valence-corrected chi connectivity index (χ3v) is 4.80. The Balaban J connectivity index is 1.61. The SMILES string of the molecule is CCc1c([C@H](N)c2ccc(OC3CNC3)cc2)[nH]c2ccccc12. The lowest BCUT2D eigenvalue weighted by Crippen LogP contribution is -2.50. The van der Waals surface area contributed by atoms with Crippen molar-refractivity contribution in [3.05, 3.63) is 65.4 Å². The molecule has 0 spiro atoms. The maximum atomic E-state index is 6.56. The standard InChI is InChI=1S/C20H23N3O/c1-2-16-17-5-3-4-6-18(17)23-20(16)19(21)13-7-9-14(10-8-13)24-15-11-22-12-15/h3-10,15,19,22-23H,2,11-12,21H2,1H3/t19-/m1/s1. The first kappa shape index (κ1) is 15.2. The maximum absolute atomic E-state index is 6.56. The molecule has 4 rings (SSSR count). The van der Waals surface area contributed by atoms with Crippen LogP contribution in [0, 0.1) is 0 Å². The van der Waals surface area contributed by atoms with Crippen LogP contribution in [-0.2, 0) is 6.42 Å². The summed E-state index contributed by atoms with van der Waals surface area (Å²) in [5.41, 5.74) is 11.2. The largest absolute Gasteiger partial charge is 0.488 e. The van der Waals surface area contributed by atoms with Gasteiger partial charge in [0.15, 0.2) is 0 Å². The molecule has 0 bridgehead atoms. The lowest BCUT2D eigenvalue weighted by atomic mass is 9.99. The molecule has 0 saturated carbocycles. The molecule has 0 unspecified atom stereocenters. The molecule has 1 aromatic heterocycles. The normalized spacial score (nSPS) is 16.1. The molecule has 1 atom stereocenters. The van der Waals surface area contributed by atoms with Gasteiger partial charge in [0.05, 0.1) is 6.04 Å². The number of aromatic nitrogens is 1. The molecule has 1 aliphatic heterocycles. The highest BCUT2D eigenvalue weighted by molar-refractivity contribution is 5.85. The molecule has 1 aliphatic rings. The van der Waals surface area contributed by atoms with Crippen LogP contribution >= 0.6 is 0 Å². The minimum absolute atomic E-state index is 0.160.